The predicted octanol–water partition coefficient (Wildman–Crippen LogP) is 2.33. The highest BCUT2D eigenvalue weighted by atomic mass is 19.1. The van der Waals surface area contributed by atoms with Crippen molar-refractivity contribution in [3.05, 3.63) is 29.3 Å². The lowest BCUT2D eigenvalue weighted by Crippen LogP contribution is -1.90. The molecule has 0 atom stereocenters. The average molecular weight is 178 g/mol. The van der Waals surface area contributed by atoms with Gasteiger partial charge in [0.15, 0.2) is 5.82 Å². The number of imidazole rings is 1. The fraction of sp³-hybridized carbons (Fsp3) is 0.300. The van der Waals surface area contributed by atoms with Crippen LogP contribution in [0.5, 0.6) is 0 Å². The molecule has 0 unspecified atom stereocenters. The summed E-state index contributed by atoms with van der Waals surface area (Å²) in [7, 11) is 1.89. The van der Waals surface area contributed by atoms with Crippen LogP contribution < -0.4 is 0 Å². The zero-order valence-electron chi connectivity index (χ0n) is 7.93. The van der Waals surface area contributed by atoms with Gasteiger partial charge in [-0.05, 0) is 31.5 Å². The Morgan fingerprint density at radius 2 is 2.00 bits per heavy atom. The van der Waals surface area contributed by atoms with E-state index in [1.807, 2.05) is 31.5 Å². The number of hydrogen-bond donors (Lipinski definition) is 0. The van der Waals surface area contributed by atoms with Crippen molar-refractivity contribution in [2.75, 3.05) is 0 Å². The van der Waals surface area contributed by atoms with Crippen molar-refractivity contribution in [1.82, 2.24) is 9.55 Å². The lowest BCUT2D eigenvalue weighted by atomic mass is 10.2. The smallest absolute Gasteiger partial charge is 0.151 e. The molecule has 0 aliphatic carbocycles. The summed E-state index contributed by atoms with van der Waals surface area (Å²) in [5.74, 6) is 0.596. The standard InChI is InChI=1S/C10H11FN2/c1-6-4-8(11)10-9(5-6)13(3)7(2)12-10/h4-5H,1-3H3. The van der Waals surface area contributed by atoms with Crippen LogP contribution in [0.3, 0.4) is 0 Å². The van der Waals surface area contributed by atoms with E-state index >= 15 is 0 Å². The van der Waals surface area contributed by atoms with Crippen molar-refractivity contribution in [2.45, 2.75) is 13.8 Å². The van der Waals surface area contributed by atoms with E-state index in [4.69, 9.17) is 0 Å². The van der Waals surface area contributed by atoms with Gasteiger partial charge in [0, 0.05) is 7.05 Å². The lowest BCUT2D eigenvalue weighted by molar-refractivity contribution is 0.636. The van der Waals surface area contributed by atoms with Gasteiger partial charge < -0.3 is 4.57 Å². The zero-order chi connectivity index (χ0) is 9.59. The van der Waals surface area contributed by atoms with Crippen molar-refractivity contribution in [1.29, 1.82) is 0 Å². The van der Waals surface area contributed by atoms with E-state index in [0.717, 1.165) is 16.9 Å². The Morgan fingerprint density at radius 3 is 2.69 bits per heavy atom. The number of nitrogens with zero attached hydrogens (tertiary/aromatic N) is 2. The first-order valence-electron chi connectivity index (χ1n) is 4.19. The van der Waals surface area contributed by atoms with Crippen LogP contribution in [0.15, 0.2) is 12.1 Å². The van der Waals surface area contributed by atoms with E-state index in [9.17, 15) is 4.39 Å². The van der Waals surface area contributed by atoms with Gasteiger partial charge in [0.25, 0.3) is 0 Å². The van der Waals surface area contributed by atoms with E-state index in [1.165, 1.54) is 6.07 Å². The molecule has 0 aliphatic rings. The molecule has 0 saturated heterocycles. The molecular formula is C10H11FN2. The molecule has 0 saturated carbocycles. The number of hydrogen-bond acceptors (Lipinski definition) is 1. The van der Waals surface area contributed by atoms with Gasteiger partial charge in [-0.1, -0.05) is 0 Å². The van der Waals surface area contributed by atoms with Gasteiger partial charge in [0.2, 0.25) is 0 Å². The van der Waals surface area contributed by atoms with Crippen molar-refractivity contribution in [3.63, 3.8) is 0 Å². The summed E-state index contributed by atoms with van der Waals surface area (Å²) >= 11 is 0. The molecule has 68 valence electrons. The lowest BCUT2D eigenvalue weighted by Gasteiger charge is -1.98. The van der Waals surface area contributed by atoms with Crippen LogP contribution in [0.2, 0.25) is 0 Å². The largest absolute Gasteiger partial charge is 0.331 e. The Morgan fingerprint density at radius 1 is 1.31 bits per heavy atom. The third kappa shape index (κ3) is 1.11. The quantitative estimate of drug-likeness (QED) is 0.605. The van der Waals surface area contributed by atoms with E-state index in [-0.39, 0.29) is 5.82 Å². The van der Waals surface area contributed by atoms with Gasteiger partial charge in [-0.15, -0.1) is 0 Å². The van der Waals surface area contributed by atoms with Crippen LogP contribution >= 0.6 is 0 Å². The van der Waals surface area contributed by atoms with Gasteiger partial charge in [-0.3, -0.25) is 0 Å². The second kappa shape index (κ2) is 2.55. The molecule has 0 fully saturated rings. The SMILES string of the molecule is Cc1cc(F)c2nc(C)n(C)c2c1. The number of halogens is 1. The molecule has 0 aliphatic heterocycles. The molecule has 0 bridgehead atoms. The molecule has 1 aromatic carbocycles. The highest BCUT2D eigenvalue weighted by molar-refractivity contribution is 5.77. The van der Waals surface area contributed by atoms with Crippen molar-refractivity contribution >= 4 is 11.0 Å². The monoisotopic (exact) mass is 178 g/mol. The Kier molecular flexibility index (Phi) is 1.62. The Balaban J connectivity index is 2.94. The molecule has 0 radical (unpaired) electrons. The Labute approximate surface area is 76.0 Å². The minimum atomic E-state index is -0.237. The van der Waals surface area contributed by atoms with Gasteiger partial charge in [0.1, 0.15) is 11.3 Å². The maximum Gasteiger partial charge on any atom is 0.151 e. The second-order valence-corrected chi connectivity index (χ2v) is 3.33. The van der Waals surface area contributed by atoms with Crippen molar-refractivity contribution in [2.24, 2.45) is 7.05 Å². The molecule has 2 nitrogen and oxygen atoms in total. The molecule has 2 rings (SSSR count). The molecule has 1 aromatic heterocycles. The summed E-state index contributed by atoms with van der Waals surface area (Å²) in [4.78, 5) is 4.14. The highest BCUT2D eigenvalue weighted by Gasteiger charge is 2.08. The molecule has 1 heterocycles. The van der Waals surface area contributed by atoms with Gasteiger partial charge >= 0.3 is 0 Å². The minimum absolute atomic E-state index is 0.237. The minimum Gasteiger partial charge on any atom is -0.331 e. The van der Waals surface area contributed by atoms with Crippen LogP contribution in [0.1, 0.15) is 11.4 Å². The van der Waals surface area contributed by atoms with Crippen LogP contribution in [-0.4, -0.2) is 9.55 Å². The molecule has 0 N–H and O–H groups in total. The summed E-state index contributed by atoms with van der Waals surface area (Å²) in [6.45, 7) is 3.75. The van der Waals surface area contributed by atoms with Crippen LogP contribution in [0.4, 0.5) is 4.39 Å². The van der Waals surface area contributed by atoms with Crippen molar-refractivity contribution in [3.8, 4) is 0 Å². The molecule has 13 heavy (non-hydrogen) atoms. The van der Waals surface area contributed by atoms with Gasteiger partial charge in [0.05, 0.1) is 5.52 Å². The average Bonchev–Trinajstić information content (AvgIpc) is 2.32. The van der Waals surface area contributed by atoms with E-state index in [1.54, 1.807) is 0 Å². The number of benzene rings is 1. The number of fused-ring (bicyclic) bond motifs is 1. The van der Waals surface area contributed by atoms with Crippen LogP contribution in [0, 0.1) is 19.7 Å². The molecule has 0 spiro atoms. The third-order valence-electron chi connectivity index (χ3n) is 2.31. The molecule has 0 amide bonds. The van der Waals surface area contributed by atoms with Crippen molar-refractivity contribution < 1.29 is 4.39 Å². The second-order valence-electron chi connectivity index (χ2n) is 3.33. The predicted molar refractivity (Wildman–Crippen MR) is 50.1 cm³/mol. The van der Waals surface area contributed by atoms with E-state index in [0.29, 0.717) is 5.52 Å². The van der Waals surface area contributed by atoms with Crippen LogP contribution in [0.25, 0.3) is 11.0 Å². The molecular weight excluding hydrogens is 167 g/mol. The summed E-state index contributed by atoms with van der Waals surface area (Å²) in [6.07, 6.45) is 0. The first kappa shape index (κ1) is 8.23. The number of aromatic nitrogens is 2. The first-order valence-corrected chi connectivity index (χ1v) is 4.19. The van der Waals surface area contributed by atoms with Crippen LogP contribution in [-0.2, 0) is 7.05 Å². The first-order chi connectivity index (χ1) is 6.09. The maximum atomic E-state index is 13.4. The summed E-state index contributed by atoms with van der Waals surface area (Å²) in [5.41, 5.74) is 2.24. The molecule has 3 heteroatoms. The number of rotatable bonds is 0. The summed E-state index contributed by atoms with van der Waals surface area (Å²) in [5, 5.41) is 0. The normalized spacial score (nSPS) is 11.1. The fourth-order valence-electron chi connectivity index (χ4n) is 1.49. The molecule has 2 aromatic rings. The third-order valence-corrected chi connectivity index (χ3v) is 2.31. The maximum absolute atomic E-state index is 13.4. The zero-order valence-corrected chi connectivity index (χ0v) is 7.93. The topological polar surface area (TPSA) is 17.8 Å². The fourth-order valence-corrected chi connectivity index (χ4v) is 1.49. The Bertz CT molecular complexity index is 471. The highest BCUT2D eigenvalue weighted by Crippen LogP contribution is 2.19. The van der Waals surface area contributed by atoms with E-state index in [2.05, 4.69) is 4.98 Å². The summed E-state index contributed by atoms with van der Waals surface area (Å²) in [6, 6.07) is 3.45. The number of aryl methyl sites for hydroxylation is 3. The Hall–Kier alpha value is -1.38. The van der Waals surface area contributed by atoms with Gasteiger partial charge in [-0.25, -0.2) is 9.37 Å². The van der Waals surface area contributed by atoms with E-state index < -0.39 is 0 Å². The van der Waals surface area contributed by atoms with Gasteiger partial charge in [-0.2, -0.15) is 0 Å². The summed E-state index contributed by atoms with van der Waals surface area (Å²) < 4.78 is 15.3.